The number of benzene rings is 2. The van der Waals surface area contributed by atoms with Crippen molar-refractivity contribution < 1.29 is 27.9 Å². The molecule has 0 saturated carbocycles. The minimum absolute atomic E-state index is 0.0445. The van der Waals surface area contributed by atoms with Gasteiger partial charge in [0.1, 0.15) is 12.3 Å². The van der Waals surface area contributed by atoms with Gasteiger partial charge in [-0.05, 0) is 53.5 Å². The quantitative estimate of drug-likeness (QED) is 0.437. The second kappa shape index (κ2) is 10.4. The third-order valence-electron chi connectivity index (χ3n) is 6.76. The third kappa shape index (κ3) is 5.39. The number of amides is 1. The smallest absolute Gasteiger partial charge is 0.416 e. The van der Waals surface area contributed by atoms with Crippen molar-refractivity contribution in [3.05, 3.63) is 73.6 Å². The zero-order valence-electron chi connectivity index (χ0n) is 20.2. The Kier molecular flexibility index (Phi) is 7.17. The molecule has 0 radical (unpaired) electrons. The fourth-order valence-electron chi connectivity index (χ4n) is 4.80. The summed E-state index contributed by atoms with van der Waals surface area (Å²) in [5.74, 6) is -1.37. The topological polar surface area (TPSA) is 121 Å². The number of carbonyl (C=O) groups excluding carboxylic acids is 2. The number of nitrogens with zero attached hydrogens (tertiary/aromatic N) is 4. The summed E-state index contributed by atoms with van der Waals surface area (Å²) in [6.07, 6.45) is -1.87. The van der Waals surface area contributed by atoms with Crippen LogP contribution in [0.5, 0.6) is 5.88 Å². The Morgan fingerprint density at radius 1 is 1.26 bits per heavy atom. The van der Waals surface area contributed by atoms with Gasteiger partial charge in [0.15, 0.2) is 5.13 Å². The summed E-state index contributed by atoms with van der Waals surface area (Å²) < 4.78 is 41.8. The van der Waals surface area contributed by atoms with Crippen LogP contribution in [0, 0.1) is 5.92 Å². The third-order valence-corrected chi connectivity index (χ3v) is 8.14. The van der Waals surface area contributed by atoms with Crippen LogP contribution in [0.15, 0.2) is 46.6 Å². The number of carbonyl (C=O) groups is 2. The number of nitrogens with two attached hydrogens (primary N) is 1. The van der Waals surface area contributed by atoms with E-state index in [2.05, 4.69) is 15.2 Å². The highest BCUT2D eigenvalue weighted by molar-refractivity contribution is 7.17. The molecule has 2 aromatic carbocycles. The molecule has 13 heteroatoms. The number of aldehydes is 1. The van der Waals surface area contributed by atoms with Crippen molar-refractivity contribution in [2.24, 2.45) is 21.9 Å². The number of hydrogen-bond acceptors (Lipinski definition) is 8. The Hall–Kier alpha value is -3.77. The summed E-state index contributed by atoms with van der Waals surface area (Å²) in [6.45, 7) is 0.297. The van der Waals surface area contributed by atoms with E-state index < -0.39 is 29.6 Å². The Morgan fingerprint density at radius 3 is 2.77 bits per heavy atom. The van der Waals surface area contributed by atoms with E-state index in [0.29, 0.717) is 34.7 Å². The first-order valence-electron chi connectivity index (χ1n) is 11.9. The molecule has 2 aliphatic heterocycles. The van der Waals surface area contributed by atoms with Gasteiger partial charge < -0.3 is 20.5 Å². The maximum absolute atomic E-state index is 13.9. The molecule has 1 amide bonds. The van der Waals surface area contributed by atoms with Crippen LogP contribution in [0.3, 0.4) is 0 Å². The van der Waals surface area contributed by atoms with Crippen molar-refractivity contribution in [1.82, 2.24) is 4.98 Å². The fraction of sp³-hybridized carbons (Fsp3) is 0.269. The van der Waals surface area contributed by atoms with Crippen molar-refractivity contribution in [2.75, 3.05) is 11.4 Å². The summed E-state index contributed by atoms with van der Waals surface area (Å²) in [7, 11) is 0. The van der Waals surface area contributed by atoms with E-state index in [9.17, 15) is 27.9 Å². The van der Waals surface area contributed by atoms with Gasteiger partial charge in [0.2, 0.25) is 11.8 Å². The summed E-state index contributed by atoms with van der Waals surface area (Å²) in [4.78, 5) is 29.6. The average molecular weight is 576 g/mol. The molecule has 1 aromatic heterocycles. The fourth-order valence-corrected chi connectivity index (χ4v) is 6.07. The maximum atomic E-state index is 13.9. The van der Waals surface area contributed by atoms with Gasteiger partial charge in [-0.2, -0.15) is 28.4 Å². The molecular weight excluding hydrogens is 555 g/mol. The summed E-state index contributed by atoms with van der Waals surface area (Å²) in [5.41, 5.74) is 5.72. The minimum atomic E-state index is -4.66. The van der Waals surface area contributed by atoms with Gasteiger partial charge in [-0.15, -0.1) is 0 Å². The zero-order chi connectivity index (χ0) is 27.9. The highest BCUT2D eigenvalue weighted by Crippen LogP contribution is 2.41. The summed E-state index contributed by atoms with van der Waals surface area (Å²) in [5, 5.41) is 20.2. The number of halogens is 4. The number of fused-ring (bicyclic) bond motifs is 1. The number of alkyl halides is 3. The Labute approximate surface area is 228 Å². The number of aromatic hydroxyl groups is 1. The molecule has 2 unspecified atom stereocenters. The average Bonchev–Trinajstić information content (AvgIpc) is 3.53. The molecule has 8 nitrogen and oxygen atoms in total. The van der Waals surface area contributed by atoms with Gasteiger partial charge in [0, 0.05) is 29.5 Å². The first-order valence-corrected chi connectivity index (χ1v) is 13.1. The second-order valence-corrected chi connectivity index (χ2v) is 10.7. The molecule has 1 fully saturated rings. The second-order valence-electron chi connectivity index (χ2n) is 9.25. The predicted molar refractivity (Wildman–Crippen MR) is 140 cm³/mol. The molecule has 2 atom stereocenters. The van der Waals surface area contributed by atoms with E-state index in [4.69, 9.17) is 17.3 Å². The van der Waals surface area contributed by atoms with Crippen molar-refractivity contribution in [3.8, 4) is 5.88 Å². The van der Waals surface area contributed by atoms with Crippen molar-refractivity contribution in [2.45, 2.75) is 31.5 Å². The Morgan fingerprint density at radius 2 is 2.05 bits per heavy atom. The van der Waals surface area contributed by atoms with E-state index in [-0.39, 0.29) is 39.4 Å². The largest absolute Gasteiger partial charge is 0.492 e. The van der Waals surface area contributed by atoms with Gasteiger partial charge in [0.05, 0.1) is 22.0 Å². The molecule has 39 heavy (non-hydrogen) atoms. The van der Waals surface area contributed by atoms with E-state index >= 15 is 0 Å². The lowest BCUT2D eigenvalue weighted by Gasteiger charge is -2.35. The maximum Gasteiger partial charge on any atom is 0.416 e. The molecule has 3 N–H and O–H groups in total. The van der Waals surface area contributed by atoms with Crippen LogP contribution in [0.4, 0.5) is 18.3 Å². The predicted octanol–water partition coefficient (Wildman–Crippen LogP) is 3.20. The normalized spacial score (nSPS) is 19.4. The van der Waals surface area contributed by atoms with E-state index in [1.807, 2.05) is 0 Å². The summed E-state index contributed by atoms with van der Waals surface area (Å²) in [6, 6.07) is 7.85. The van der Waals surface area contributed by atoms with Crippen LogP contribution in [-0.4, -0.2) is 41.1 Å². The Bertz CT molecular complexity index is 1620. The van der Waals surface area contributed by atoms with Gasteiger partial charge in [-0.25, -0.2) is 0 Å². The van der Waals surface area contributed by atoms with Gasteiger partial charge in [-0.3, -0.25) is 4.79 Å². The Balaban J connectivity index is 1.65. The van der Waals surface area contributed by atoms with Crippen LogP contribution in [-0.2, 0) is 22.2 Å². The first-order chi connectivity index (χ1) is 18.5. The number of hydrogen-bond donors (Lipinski definition) is 2. The molecular formula is C26H21ClF3N5O3S. The van der Waals surface area contributed by atoms with Crippen molar-refractivity contribution in [1.29, 1.82) is 0 Å². The van der Waals surface area contributed by atoms with Crippen molar-refractivity contribution in [3.63, 3.8) is 0 Å². The number of thiazole rings is 1. The molecule has 3 aromatic rings. The van der Waals surface area contributed by atoms with E-state index in [1.165, 1.54) is 18.3 Å². The SMILES string of the molecule is NC(=O)C1CC(C=O)CCN1c1nc(O)c(C(Cc2ccc(Cl)cc2C(F)(F)F)=c2ccc3c(c2)C=NN=3)s1. The molecule has 0 aliphatic carbocycles. The molecule has 3 heterocycles. The van der Waals surface area contributed by atoms with Gasteiger partial charge in [-0.1, -0.05) is 35.1 Å². The molecule has 2 aliphatic rings. The summed E-state index contributed by atoms with van der Waals surface area (Å²) >= 11 is 6.92. The highest BCUT2D eigenvalue weighted by Gasteiger charge is 2.36. The van der Waals surface area contributed by atoms with Crippen LogP contribution in [0.2, 0.25) is 5.02 Å². The number of primary amides is 1. The first kappa shape index (κ1) is 26.8. The highest BCUT2D eigenvalue weighted by atomic mass is 35.5. The number of piperidine rings is 1. The molecule has 1 saturated heterocycles. The van der Waals surface area contributed by atoms with Crippen molar-refractivity contribution >= 4 is 52.1 Å². The molecule has 0 spiro atoms. The lowest BCUT2D eigenvalue weighted by Crippen LogP contribution is -2.50. The number of anilines is 1. The molecule has 5 rings (SSSR count). The molecule has 0 bridgehead atoms. The standard InChI is InChI=1S/C26H21ClF3N5O3S/c27-17-3-1-15(19(10-17)26(28,29)30)9-18(14-2-4-20-16(8-14)11-32-34-20)22-24(38)33-25(39-22)35-6-5-13(12-36)7-21(35)23(31)37/h1-4,8,10-13,21,38H,5-7,9H2,(H2,31,37). The minimum Gasteiger partial charge on any atom is -0.492 e. The van der Waals surface area contributed by atoms with Crippen LogP contribution in [0.25, 0.3) is 5.57 Å². The number of aromatic nitrogens is 1. The van der Waals surface area contributed by atoms with Crippen LogP contribution < -0.4 is 21.2 Å². The van der Waals surface area contributed by atoms with Gasteiger partial charge >= 0.3 is 6.18 Å². The number of rotatable bonds is 6. The van der Waals surface area contributed by atoms with Crippen LogP contribution >= 0.6 is 22.9 Å². The monoisotopic (exact) mass is 575 g/mol. The van der Waals surface area contributed by atoms with E-state index in [0.717, 1.165) is 23.7 Å². The van der Waals surface area contributed by atoms with Gasteiger partial charge in [0.25, 0.3) is 0 Å². The molecule has 202 valence electrons. The zero-order valence-corrected chi connectivity index (χ0v) is 21.7. The van der Waals surface area contributed by atoms with E-state index in [1.54, 1.807) is 23.1 Å². The lowest BCUT2D eigenvalue weighted by molar-refractivity contribution is -0.138. The lowest BCUT2D eigenvalue weighted by atomic mass is 9.92. The van der Waals surface area contributed by atoms with Crippen LogP contribution in [0.1, 0.15) is 34.4 Å².